The van der Waals surface area contributed by atoms with Gasteiger partial charge in [-0.05, 0) is 37.1 Å². The van der Waals surface area contributed by atoms with E-state index >= 15 is 0 Å². The SMILES string of the molecule is CCc1ccccc1NC(=O)c1c(C)nc2c(OC)cccn12. The van der Waals surface area contributed by atoms with E-state index in [1.165, 1.54) is 0 Å². The van der Waals surface area contributed by atoms with Gasteiger partial charge in [-0.2, -0.15) is 0 Å². The minimum atomic E-state index is -0.177. The van der Waals surface area contributed by atoms with E-state index in [9.17, 15) is 4.79 Å². The first-order valence-electron chi connectivity index (χ1n) is 7.56. The van der Waals surface area contributed by atoms with Gasteiger partial charge in [0, 0.05) is 11.9 Å². The molecule has 5 nitrogen and oxygen atoms in total. The summed E-state index contributed by atoms with van der Waals surface area (Å²) >= 11 is 0. The summed E-state index contributed by atoms with van der Waals surface area (Å²) in [5.74, 6) is 0.466. The molecule has 2 aromatic heterocycles. The van der Waals surface area contributed by atoms with Crippen molar-refractivity contribution in [2.45, 2.75) is 20.3 Å². The fourth-order valence-corrected chi connectivity index (χ4v) is 2.72. The van der Waals surface area contributed by atoms with Crippen LogP contribution in [0, 0.1) is 6.92 Å². The summed E-state index contributed by atoms with van der Waals surface area (Å²) < 4.78 is 7.08. The Hall–Kier alpha value is -2.82. The molecule has 0 unspecified atom stereocenters. The molecule has 5 heteroatoms. The molecule has 0 aliphatic rings. The van der Waals surface area contributed by atoms with Crippen molar-refractivity contribution in [2.24, 2.45) is 0 Å². The van der Waals surface area contributed by atoms with Crippen LogP contribution in [0.25, 0.3) is 5.65 Å². The van der Waals surface area contributed by atoms with Crippen LogP contribution < -0.4 is 10.1 Å². The van der Waals surface area contributed by atoms with Crippen LogP contribution >= 0.6 is 0 Å². The second kappa shape index (κ2) is 6.12. The standard InChI is InChI=1S/C18H19N3O2/c1-4-13-8-5-6-9-14(13)20-18(22)16-12(2)19-17-15(23-3)10-7-11-21(16)17/h5-11H,4H2,1-3H3,(H,20,22). The highest BCUT2D eigenvalue weighted by Crippen LogP contribution is 2.23. The van der Waals surface area contributed by atoms with Crippen molar-refractivity contribution < 1.29 is 9.53 Å². The lowest BCUT2D eigenvalue weighted by Crippen LogP contribution is -2.16. The van der Waals surface area contributed by atoms with E-state index in [1.54, 1.807) is 11.5 Å². The fraction of sp³-hybridized carbons (Fsp3) is 0.222. The number of carbonyl (C=O) groups is 1. The van der Waals surface area contributed by atoms with Crippen molar-refractivity contribution in [1.82, 2.24) is 9.38 Å². The molecular formula is C18H19N3O2. The van der Waals surface area contributed by atoms with Crippen molar-refractivity contribution in [3.05, 3.63) is 59.5 Å². The van der Waals surface area contributed by atoms with E-state index in [2.05, 4.69) is 17.2 Å². The van der Waals surface area contributed by atoms with Gasteiger partial charge in [0.05, 0.1) is 12.8 Å². The number of methoxy groups -OCH3 is 1. The lowest BCUT2D eigenvalue weighted by Gasteiger charge is -2.10. The smallest absolute Gasteiger partial charge is 0.274 e. The first-order valence-corrected chi connectivity index (χ1v) is 7.56. The summed E-state index contributed by atoms with van der Waals surface area (Å²) in [6.07, 6.45) is 2.68. The van der Waals surface area contributed by atoms with Gasteiger partial charge in [0.1, 0.15) is 5.69 Å². The van der Waals surface area contributed by atoms with E-state index in [1.807, 2.05) is 49.5 Å². The van der Waals surface area contributed by atoms with Crippen molar-refractivity contribution in [3.63, 3.8) is 0 Å². The number of ether oxygens (including phenoxy) is 1. The molecule has 0 saturated carbocycles. The quantitative estimate of drug-likeness (QED) is 0.803. The maximum Gasteiger partial charge on any atom is 0.274 e. The van der Waals surface area contributed by atoms with Crippen molar-refractivity contribution in [2.75, 3.05) is 12.4 Å². The van der Waals surface area contributed by atoms with Crippen LogP contribution in [0.3, 0.4) is 0 Å². The van der Waals surface area contributed by atoms with Gasteiger partial charge in [-0.3, -0.25) is 9.20 Å². The molecule has 1 amide bonds. The number of hydrogen-bond donors (Lipinski definition) is 1. The van der Waals surface area contributed by atoms with Crippen LogP contribution in [0.4, 0.5) is 5.69 Å². The predicted octanol–water partition coefficient (Wildman–Crippen LogP) is 3.47. The number of nitrogens with one attached hydrogen (secondary N) is 1. The van der Waals surface area contributed by atoms with Gasteiger partial charge in [0.15, 0.2) is 11.4 Å². The van der Waals surface area contributed by atoms with Crippen LogP contribution in [-0.2, 0) is 6.42 Å². The van der Waals surface area contributed by atoms with Gasteiger partial charge in [0.25, 0.3) is 5.91 Å². The molecule has 1 N–H and O–H groups in total. The minimum absolute atomic E-state index is 0.177. The average molecular weight is 309 g/mol. The molecule has 0 spiro atoms. The molecule has 0 atom stereocenters. The normalized spacial score (nSPS) is 10.7. The summed E-state index contributed by atoms with van der Waals surface area (Å²) in [5.41, 5.74) is 3.76. The number of amides is 1. The molecule has 3 aromatic rings. The molecule has 0 bridgehead atoms. The molecule has 0 aliphatic carbocycles. The number of rotatable bonds is 4. The molecule has 0 radical (unpaired) electrons. The van der Waals surface area contributed by atoms with Gasteiger partial charge in [-0.1, -0.05) is 25.1 Å². The topological polar surface area (TPSA) is 55.6 Å². The molecule has 0 aliphatic heterocycles. The van der Waals surface area contributed by atoms with E-state index < -0.39 is 0 Å². The Kier molecular flexibility index (Phi) is 4.02. The van der Waals surface area contributed by atoms with Crippen molar-refractivity contribution >= 4 is 17.2 Å². The van der Waals surface area contributed by atoms with E-state index in [4.69, 9.17) is 4.74 Å². The lowest BCUT2D eigenvalue weighted by atomic mass is 10.1. The number of hydrogen-bond acceptors (Lipinski definition) is 3. The molecule has 1 aromatic carbocycles. The maximum absolute atomic E-state index is 12.8. The number of fused-ring (bicyclic) bond motifs is 1. The number of para-hydroxylation sites is 1. The zero-order valence-electron chi connectivity index (χ0n) is 13.5. The second-order valence-electron chi connectivity index (χ2n) is 5.28. The van der Waals surface area contributed by atoms with Crippen molar-refractivity contribution in [1.29, 1.82) is 0 Å². The third-order valence-corrected chi connectivity index (χ3v) is 3.87. The van der Waals surface area contributed by atoms with E-state index in [0.717, 1.165) is 17.7 Å². The molecular weight excluding hydrogens is 290 g/mol. The van der Waals surface area contributed by atoms with Crippen LogP contribution in [-0.4, -0.2) is 22.4 Å². The van der Waals surface area contributed by atoms with Crippen LogP contribution in [0.2, 0.25) is 0 Å². The first-order chi connectivity index (χ1) is 11.2. The Morgan fingerprint density at radius 3 is 2.78 bits per heavy atom. The van der Waals surface area contributed by atoms with Gasteiger partial charge in [0.2, 0.25) is 0 Å². The van der Waals surface area contributed by atoms with Crippen LogP contribution in [0.5, 0.6) is 5.75 Å². The Balaban J connectivity index is 2.03. The summed E-state index contributed by atoms with van der Waals surface area (Å²) in [4.78, 5) is 17.2. The molecule has 23 heavy (non-hydrogen) atoms. The van der Waals surface area contributed by atoms with E-state index in [0.29, 0.717) is 22.8 Å². The predicted molar refractivity (Wildman–Crippen MR) is 90.3 cm³/mol. The highest BCUT2D eigenvalue weighted by atomic mass is 16.5. The number of benzene rings is 1. The summed E-state index contributed by atoms with van der Waals surface area (Å²) in [6.45, 7) is 3.89. The summed E-state index contributed by atoms with van der Waals surface area (Å²) in [5, 5.41) is 2.99. The molecule has 0 fully saturated rings. The highest BCUT2D eigenvalue weighted by Gasteiger charge is 2.19. The third kappa shape index (κ3) is 2.65. The molecule has 2 heterocycles. The largest absolute Gasteiger partial charge is 0.493 e. The number of anilines is 1. The number of aryl methyl sites for hydroxylation is 2. The number of pyridine rings is 1. The Morgan fingerprint density at radius 1 is 1.26 bits per heavy atom. The molecule has 0 saturated heterocycles. The summed E-state index contributed by atoms with van der Waals surface area (Å²) in [6, 6.07) is 11.5. The lowest BCUT2D eigenvalue weighted by molar-refractivity contribution is 0.102. The van der Waals surface area contributed by atoms with Gasteiger partial charge < -0.3 is 10.1 Å². The Morgan fingerprint density at radius 2 is 2.04 bits per heavy atom. The minimum Gasteiger partial charge on any atom is -0.493 e. The Bertz CT molecular complexity index is 868. The third-order valence-electron chi connectivity index (χ3n) is 3.87. The maximum atomic E-state index is 12.8. The Labute approximate surface area is 134 Å². The van der Waals surface area contributed by atoms with E-state index in [-0.39, 0.29) is 5.91 Å². The van der Waals surface area contributed by atoms with Gasteiger partial charge in [-0.25, -0.2) is 4.98 Å². The highest BCUT2D eigenvalue weighted by molar-refractivity contribution is 6.05. The molecule has 118 valence electrons. The number of imidazole rings is 1. The zero-order chi connectivity index (χ0) is 16.4. The monoisotopic (exact) mass is 309 g/mol. The molecule has 3 rings (SSSR count). The fourth-order valence-electron chi connectivity index (χ4n) is 2.72. The second-order valence-corrected chi connectivity index (χ2v) is 5.28. The number of aromatic nitrogens is 2. The average Bonchev–Trinajstić information content (AvgIpc) is 2.91. The van der Waals surface area contributed by atoms with Gasteiger partial charge >= 0.3 is 0 Å². The number of carbonyl (C=O) groups excluding carboxylic acids is 1. The first kappa shape index (κ1) is 15.1. The number of nitrogens with zero attached hydrogens (tertiary/aromatic N) is 2. The van der Waals surface area contributed by atoms with Gasteiger partial charge in [-0.15, -0.1) is 0 Å². The van der Waals surface area contributed by atoms with Crippen LogP contribution in [0.1, 0.15) is 28.7 Å². The van der Waals surface area contributed by atoms with Crippen LogP contribution in [0.15, 0.2) is 42.6 Å². The zero-order valence-corrected chi connectivity index (χ0v) is 13.5. The summed E-state index contributed by atoms with van der Waals surface area (Å²) in [7, 11) is 1.59. The van der Waals surface area contributed by atoms with Crippen molar-refractivity contribution in [3.8, 4) is 5.75 Å².